The van der Waals surface area contributed by atoms with Crippen molar-refractivity contribution >= 4 is 28.9 Å². The molecule has 1 amide bonds. The van der Waals surface area contributed by atoms with Gasteiger partial charge in [0.2, 0.25) is 0 Å². The van der Waals surface area contributed by atoms with Crippen molar-refractivity contribution in [2.24, 2.45) is 0 Å². The molecule has 0 aliphatic carbocycles. The fraction of sp³-hybridized carbons (Fsp3) is 0.107. The van der Waals surface area contributed by atoms with E-state index in [4.69, 9.17) is 4.74 Å². The molecular weight excluding hydrogens is 458 g/mol. The van der Waals surface area contributed by atoms with Crippen LogP contribution in [0.2, 0.25) is 0 Å². The number of amides is 1. The first kappa shape index (κ1) is 23.7. The summed E-state index contributed by atoms with van der Waals surface area (Å²) in [5, 5.41) is 12.9. The van der Waals surface area contributed by atoms with Crippen LogP contribution in [0.15, 0.2) is 89.7 Å². The van der Waals surface area contributed by atoms with Gasteiger partial charge in [0, 0.05) is 0 Å². The van der Waals surface area contributed by atoms with Crippen molar-refractivity contribution in [2.45, 2.75) is 13.0 Å². The summed E-state index contributed by atoms with van der Waals surface area (Å²) >= 11 is 1.11. The maximum absolute atomic E-state index is 13.5. The highest BCUT2D eigenvalue weighted by Crippen LogP contribution is 2.13. The summed E-state index contributed by atoms with van der Waals surface area (Å²) < 4.78 is 7.31. The quantitative estimate of drug-likeness (QED) is 0.458. The van der Waals surface area contributed by atoms with Crippen LogP contribution in [0.4, 0.5) is 0 Å². The number of nitrogens with one attached hydrogen (secondary N) is 1. The summed E-state index contributed by atoms with van der Waals surface area (Å²) in [6, 6.07) is 27.5. The zero-order valence-electron chi connectivity index (χ0n) is 19.3. The number of carbonyl (C=O) groups excluding carboxylic acids is 1. The highest BCUT2D eigenvalue weighted by molar-refractivity contribution is 7.07. The maximum Gasteiger partial charge on any atom is 0.273 e. The van der Waals surface area contributed by atoms with Crippen molar-refractivity contribution in [3.05, 3.63) is 116 Å². The summed E-state index contributed by atoms with van der Waals surface area (Å²) in [6.07, 6.45) is 1.74. The zero-order valence-corrected chi connectivity index (χ0v) is 20.1. The van der Waals surface area contributed by atoms with Gasteiger partial charge in [-0.25, -0.2) is 0 Å². The van der Waals surface area contributed by atoms with Crippen LogP contribution in [0.1, 0.15) is 24.1 Å². The van der Waals surface area contributed by atoms with Gasteiger partial charge in [-0.1, -0.05) is 60.7 Å². The van der Waals surface area contributed by atoms with E-state index >= 15 is 0 Å². The molecule has 0 fully saturated rings. The van der Waals surface area contributed by atoms with E-state index in [-0.39, 0.29) is 21.8 Å². The number of methoxy groups -OCH3 is 1. The largest absolute Gasteiger partial charge is 0.497 e. The van der Waals surface area contributed by atoms with E-state index in [1.54, 1.807) is 49.6 Å². The van der Waals surface area contributed by atoms with E-state index in [0.717, 1.165) is 22.5 Å². The maximum atomic E-state index is 13.5. The van der Waals surface area contributed by atoms with Crippen molar-refractivity contribution in [3.63, 3.8) is 0 Å². The van der Waals surface area contributed by atoms with Crippen LogP contribution in [-0.4, -0.2) is 17.6 Å². The second kappa shape index (κ2) is 10.7. The average molecular weight is 482 g/mol. The molecule has 7 heteroatoms. The normalized spacial score (nSPS) is 13.0. The van der Waals surface area contributed by atoms with E-state index in [1.807, 2.05) is 61.5 Å². The second-order valence-corrected chi connectivity index (χ2v) is 8.79. The molecule has 1 aromatic heterocycles. The topological polar surface area (TPSA) is 84.1 Å². The van der Waals surface area contributed by atoms with Crippen LogP contribution >= 0.6 is 11.3 Å². The molecule has 0 aliphatic rings. The predicted molar refractivity (Wildman–Crippen MR) is 138 cm³/mol. The van der Waals surface area contributed by atoms with Crippen LogP contribution in [0.5, 0.6) is 5.75 Å². The van der Waals surface area contributed by atoms with Crippen molar-refractivity contribution in [1.29, 1.82) is 5.26 Å². The van der Waals surface area contributed by atoms with Gasteiger partial charge in [-0.15, -0.1) is 11.3 Å². The molecule has 0 aliphatic heterocycles. The minimum atomic E-state index is -0.536. The Hall–Kier alpha value is -4.41. The highest BCUT2D eigenvalue weighted by atomic mass is 32.1. The Balaban J connectivity index is 1.87. The number of aromatic nitrogens is 1. The summed E-state index contributed by atoms with van der Waals surface area (Å²) in [5.41, 5.74) is 1.88. The van der Waals surface area contributed by atoms with Gasteiger partial charge in [0.25, 0.3) is 11.5 Å². The monoisotopic (exact) mass is 481 g/mol. The number of ether oxygens (including phenoxy) is 1. The summed E-state index contributed by atoms with van der Waals surface area (Å²) in [5.74, 6) is 0.172. The van der Waals surface area contributed by atoms with Crippen molar-refractivity contribution in [1.82, 2.24) is 9.88 Å². The lowest BCUT2D eigenvalue weighted by Gasteiger charge is -2.13. The molecule has 0 radical (unpaired) electrons. The standard InChI is InChI=1S/C28H23N3O3S/c1-19(21-9-5-3-6-10-21)30-26(32)24(18-29)28-31(22-11-7-4-8-12-22)27(33)25(35-28)17-20-13-15-23(34-2)16-14-20/h3-17,19H,1-2H3,(H,30,32)/b25-17+,28-24+. The third kappa shape index (κ3) is 5.24. The Morgan fingerprint density at radius 2 is 1.66 bits per heavy atom. The number of carbonyl (C=O) groups is 1. The highest BCUT2D eigenvalue weighted by Gasteiger charge is 2.19. The van der Waals surface area contributed by atoms with E-state index in [1.165, 1.54) is 4.57 Å². The van der Waals surface area contributed by atoms with Gasteiger partial charge in [0.15, 0.2) is 5.57 Å². The number of hydrogen-bond donors (Lipinski definition) is 1. The minimum absolute atomic E-state index is 0.117. The van der Waals surface area contributed by atoms with Crippen LogP contribution in [0, 0.1) is 11.3 Å². The molecule has 0 saturated carbocycles. The van der Waals surface area contributed by atoms with Crippen LogP contribution in [-0.2, 0) is 4.79 Å². The molecule has 0 saturated heterocycles. The molecular formula is C28H23N3O3S. The van der Waals surface area contributed by atoms with Gasteiger partial charge >= 0.3 is 0 Å². The Labute approximate surface area is 206 Å². The van der Waals surface area contributed by atoms with Crippen LogP contribution < -0.4 is 24.8 Å². The smallest absolute Gasteiger partial charge is 0.273 e. The lowest BCUT2D eigenvalue weighted by Crippen LogP contribution is -2.34. The molecule has 0 bridgehead atoms. The fourth-order valence-corrected chi connectivity index (χ4v) is 4.70. The van der Waals surface area contributed by atoms with Crippen LogP contribution in [0.3, 0.4) is 0 Å². The first-order chi connectivity index (χ1) is 17.0. The lowest BCUT2D eigenvalue weighted by atomic mass is 10.1. The average Bonchev–Trinajstić information content (AvgIpc) is 3.21. The lowest BCUT2D eigenvalue weighted by molar-refractivity contribution is -0.116. The van der Waals surface area contributed by atoms with Gasteiger partial charge in [-0.05, 0) is 48.4 Å². The van der Waals surface area contributed by atoms with Gasteiger partial charge in [-0.2, -0.15) is 5.26 Å². The first-order valence-corrected chi connectivity index (χ1v) is 11.8. The molecule has 4 rings (SSSR count). The van der Waals surface area contributed by atoms with Crippen molar-refractivity contribution in [3.8, 4) is 17.5 Å². The van der Waals surface area contributed by atoms with Gasteiger partial charge < -0.3 is 10.1 Å². The molecule has 1 unspecified atom stereocenters. The number of para-hydroxylation sites is 1. The molecule has 1 N–H and O–H groups in total. The second-order valence-electron chi connectivity index (χ2n) is 7.76. The van der Waals surface area contributed by atoms with E-state index < -0.39 is 5.91 Å². The van der Waals surface area contributed by atoms with Gasteiger partial charge in [0.1, 0.15) is 16.5 Å². The minimum Gasteiger partial charge on any atom is -0.497 e. The molecule has 1 atom stereocenters. The summed E-state index contributed by atoms with van der Waals surface area (Å²) in [6.45, 7) is 1.85. The number of hydrogen-bond acceptors (Lipinski definition) is 5. The van der Waals surface area contributed by atoms with Crippen molar-refractivity contribution in [2.75, 3.05) is 7.11 Å². The number of rotatable bonds is 6. The number of thiazole rings is 1. The Kier molecular flexibility index (Phi) is 7.24. The third-order valence-electron chi connectivity index (χ3n) is 5.45. The van der Waals surface area contributed by atoms with E-state index in [9.17, 15) is 14.9 Å². The molecule has 1 heterocycles. The molecule has 3 aromatic carbocycles. The van der Waals surface area contributed by atoms with Crippen molar-refractivity contribution < 1.29 is 9.53 Å². The van der Waals surface area contributed by atoms with E-state index in [0.29, 0.717) is 16.0 Å². The molecule has 0 spiro atoms. The zero-order chi connectivity index (χ0) is 24.8. The number of nitriles is 1. The molecule has 4 aromatic rings. The molecule has 6 nitrogen and oxygen atoms in total. The SMILES string of the molecule is COc1ccc(/C=c2/s/c(=C(\C#N)C(=O)NC(C)c3ccccc3)n(-c3ccccc3)c2=O)cc1. The van der Waals surface area contributed by atoms with Crippen LogP contribution in [0.25, 0.3) is 17.3 Å². The molecule has 174 valence electrons. The fourth-order valence-electron chi connectivity index (χ4n) is 3.60. The Bertz CT molecular complexity index is 1550. The van der Waals surface area contributed by atoms with E-state index in [2.05, 4.69) is 5.32 Å². The third-order valence-corrected chi connectivity index (χ3v) is 6.54. The first-order valence-electron chi connectivity index (χ1n) is 10.9. The number of nitrogens with zero attached hydrogens (tertiary/aromatic N) is 2. The van der Waals surface area contributed by atoms with Gasteiger partial charge in [-0.3, -0.25) is 14.2 Å². The summed E-state index contributed by atoms with van der Waals surface area (Å²) in [4.78, 5) is 26.7. The summed E-state index contributed by atoms with van der Waals surface area (Å²) in [7, 11) is 1.59. The predicted octanol–water partition coefficient (Wildman–Crippen LogP) is 3.29. The Morgan fingerprint density at radius 3 is 2.26 bits per heavy atom. The Morgan fingerprint density at radius 1 is 1.03 bits per heavy atom. The van der Waals surface area contributed by atoms with Gasteiger partial charge in [0.05, 0.1) is 23.4 Å². The number of benzene rings is 3. The molecule has 35 heavy (non-hydrogen) atoms.